The summed E-state index contributed by atoms with van der Waals surface area (Å²) in [5.41, 5.74) is 1.77. The zero-order valence-electron chi connectivity index (χ0n) is 14.3. The fourth-order valence-electron chi connectivity index (χ4n) is 2.89. The quantitative estimate of drug-likeness (QED) is 0.608. The fraction of sp³-hybridized carbons (Fsp3) is 0.278. The van der Waals surface area contributed by atoms with Crippen molar-refractivity contribution in [2.24, 2.45) is 0 Å². The summed E-state index contributed by atoms with van der Waals surface area (Å²) in [6, 6.07) is 12.0. The lowest BCUT2D eigenvalue weighted by atomic mass is 10.1. The molecule has 1 saturated heterocycles. The molecular formula is C18H19BrN4O3. The van der Waals surface area contributed by atoms with Crippen molar-refractivity contribution in [3.8, 4) is 0 Å². The van der Waals surface area contributed by atoms with Crippen LogP contribution in [0.1, 0.15) is 10.4 Å². The fourth-order valence-corrected chi connectivity index (χ4v) is 3.28. The minimum Gasteiger partial charge on any atom is -0.367 e. The maximum atomic E-state index is 12.6. The van der Waals surface area contributed by atoms with Crippen molar-refractivity contribution in [1.82, 2.24) is 4.90 Å². The average Bonchev–Trinajstić information content (AvgIpc) is 2.63. The highest BCUT2D eigenvalue weighted by atomic mass is 79.9. The maximum Gasteiger partial charge on any atom is 0.284 e. The van der Waals surface area contributed by atoms with E-state index in [1.54, 1.807) is 6.07 Å². The number of benzene rings is 2. The van der Waals surface area contributed by atoms with E-state index < -0.39 is 4.92 Å². The van der Waals surface area contributed by atoms with Crippen LogP contribution in [0.5, 0.6) is 0 Å². The van der Waals surface area contributed by atoms with E-state index in [4.69, 9.17) is 0 Å². The molecule has 1 amide bonds. The van der Waals surface area contributed by atoms with Gasteiger partial charge in [-0.1, -0.05) is 12.1 Å². The highest BCUT2D eigenvalue weighted by molar-refractivity contribution is 9.10. The monoisotopic (exact) mass is 418 g/mol. The first kappa shape index (κ1) is 18.3. The number of piperazine rings is 1. The predicted molar refractivity (Wildman–Crippen MR) is 105 cm³/mol. The molecular weight excluding hydrogens is 400 g/mol. The van der Waals surface area contributed by atoms with Crippen LogP contribution in [0.3, 0.4) is 0 Å². The van der Waals surface area contributed by atoms with Gasteiger partial charge in [0.2, 0.25) is 0 Å². The molecule has 0 aliphatic carbocycles. The Morgan fingerprint density at radius 1 is 1.15 bits per heavy atom. The van der Waals surface area contributed by atoms with Gasteiger partial charge >= 0.3 is 0 Å². The van der Waals surface area contributed by atoms with Crippen LogP contribution >= 0.6 is 15.9 Å². The third-order valence-corrected chi connectivity index (χ3v) is 5.07. The number of anilines is 2. The summed E-state index contributed by atoms with van der Waals surface area (Å²) < 4.78 is 0.344. The van der Waals surface area contributed by atoms with E-state index in [1.165, 1.54) is 12.1 Å². The number of likely N-dealkylation sites (N-methyl/N-ethyl adjacent to an activating group) is 1. The number of carbonyl (C=O) groups excluding carboxylic acids is 1. The second-order valence-corrected chi connectivity index (χ2v) is 7.04. The molecule has 0 radical (unpaired) electrons. The van der Waals surface area contributed by atoms with E-state index in [1.807, 2.05) is 24.3 Å². The molecule has 2 aromatic rings. The molecule has 1 fully saturated rings. The Morgan fingerprint density at radius 3 is 2.54 bits per heavy atom. The number of amides is 1. The Balaban J connectivity index is 1.82. The molecule has 136 valence electrons. The average molecular weight is 419 g/mol. The van der Waals surface area contributed by atoms with Crippen LogP contribution in [0, 0.1) is 10.1 Å². The molecule has 8 heteroatoms. The first-order valence-corrected chi connectivity index (χ1v) is 9.03. The van der Waals surface area contributed by atoms with Gasteiger partial charge in [-0.15, -0.1) is 0 Å². The van der Waals surface area contributed by atoms with Gasteiger partial charge in [0.25, 0.3) is 11.6 Å². The van der Waals surface area contributed by atoms with E-state index in [-0.39, 0.29) is 17.2 Å². The van der Waals surface area contributed by atoms with Gasteiger partial charge in [-0.2, -0.15) is 0 Å². The summed E-state index contributed by atoms with van der Waals surface area (Å²) in [7, 11) is 2.09. The molecule has 0 atom stereocenters. The van der Waals surface area contributed by atoms with Crippen LogP contribution in [-0.4, -0.2) is 49.0 Å². The van der Waals surface area contributed by atoms with Crippen LogP contribution < -0.4 is 10.2 Å². The van der Waals surface area contributed by atoms with Gasteiger partial charge in [-0.25, -0.2) is 0 Å². The lowest BCUT2D eigenvalue weighted by Crippen LogP contribution is -2.44. The molecule has 2 aromatic carbocycles. The number of hydrogen-bond acceptors (Lipinski definition) is 5. The number of halogens is 1. The molecule has 0 saturated carbocycles. The Hall–Kier alpha value is -2.45. The van der Waals surface area contributed by atoms with E-state index in [0.29, 0.717) is 10.2 Å². The largest absolute Gasteiger partial charge is 0.367 e. The number of para-hydroxylation sites is 2. The molecule has 1 heterocycles. The molecule has 0 bridgehead atoms. The van der Waals surface area contributed by atoms with Crippen LogP contribution in [0.15, 0.2) is 46.9 Å². The number of rotatable bonds is 4. The smallest absolute Gasteiger partial charge is 0.284 e. The molecule has 0 unspecified atom stereocenters. The Kier molecular flexibility index (Phi) is 5.53. The van der Waals surface area contributed by atoms with Crippen molar-refractivity contribution in [3.63, 3.8) is 0 Å². The van der Waals surface area contributed by atoms with Gasteiger partial charge in [-0.05, 0) is 47.2 Å². The standard InChI is InChI=1S/C18H19BrN4O3/c1-21-8-10-22(11-9-21)16-5-3-2-4-15(16)20-18(24)13-6-7-14(19)17(12-13)23(25)26/h2-7,12H,8-11H2,1H3,(H,20,24). The van der Waals surface area contributed by atoms with Gasteiger partial charge in [-0.3, -0.25) is 14.9 Å². The van der Waals surface area contributed by atoms with Crippen LogP contribution in [-0.2, 0) is 0 Å². The molecule has 26 heavy (non-hydrogen) atoms. The topological polar surface area (TPSA) is 78.7 Å². The number of nitro benzene ring substituents is 1. The minimum atomic E-state index is -0.515. The van der Waals surface area contributed by atoms with Gasteiger partial charge in [0.15, 0.2) is 0 Å². The molecule has 3 rings (SSSR count). The summed E-state index contributed by atoms with van der Waals surface area (Å²) in [6.45, 7) is 3.68. The van der Waals surface area contributed by atoms with Crippen LogP contribution in [0.25, 0.3) is 0 Å². The van der Waals surface area contributed by atoms with Crippen molar-refractivity contribution in [2.75, 3.05) is 43.4 Å². The summed E-state index contributed by atoms with van der Waals surface area (Å²) in [5.74, 6) is -0.373. The van der Waals surface area contributed by atoms with Gasteiger partial charge in [0.05, 0.1) is 20.8 Å². The summed E-state index contributed by atoms with van der Waals surface area (Å²) >= 11 is 3.13. The third kappa shape index (κ3) is 4.03. The number of hydrogen-bond donors (Lipinski definition) is 1. The number of carbonyl (C=O) groups is 1. The number of nitro groups is 1. The SMILES string of the molecule is CN1CCN(c2ccccc2NC(=O)c2ccc(Br)c([N+](=O)[O-])c2)CC1. The Morgan fingerprint density at radius 2 is 1.85 bits per heavy atom. The van der Waals surface area contributed by atoms with E-state index in [2.05, 4.69) is 38.1 Å². The maximum absolute atomic E-state index is 12.6. The minimum absolute atomic E-state index is 0.134. The first-order chi connectivity index (χ1) is 12.5. The normalized spacial score (nSPS) is 14.9. The second-order valence-electron chi connectivity index (χ2n) is 6.18. The van der Waals surface area contributed by atoms with Crippen molar-refractivity contribution in [2.45, 2.75) is 0 Å². The summed E-state index contributed by atoms with van der Waals surface area (Å²) in [5, 5.41) is 14.0. The summed E-state index contributed by atoms with van der Waals surface area (Å²) in [4.78, 5) is 27.7. The molecule has 1 N–H and O–H groups in total. The van der Waals surface area contributed by atoms with E-state index >= 15 is 0 Å². The second kappa shape index (κ2) is 7.84. The number of nitrogens with one attached hydrogen (secondary N) is 1. The predicted octanol–water partition coefficient (Wildman–Crippen LogP) is 3.36. The highest BCUT2D eigenvalue weighted by Gasteiger charge is 2.20. The molecule has 1 aliphatic rings. The first-order valence-electron chi connectivity index (χ1n) is 8.23. The Bertz CT molecular complexity index is 835. The lowest BCUT2D eigenvalue weighted by Gasteiger charge is -2.35. The van der Waals surface area contributed by atoms with Gasteiger partial charge < -0.3 is 15.1 Å². The molecule has 7 nitrogen and oxygen atoms in total. The van der Waals surface area contributed by atoms with Gasteiger partial charge in [0.1, 0.15) is 0 Å². The highest BCUT2D eigenvalue weighted by Crippen LogP contribution is 2.29. The van der Waals surface area contributed by atoms with Crippen LogP contribution in [0.4, 0.5) is 17.1 Å². The zero-order chi connectivity index (χ0) is 18.7. The molecule has 1 aliphatic heterocycles. The lowest BCUT2D eigenvalue weighted by molar-refractivity contribution is -0.385. The zero-order valence-corrected chi connectivity index (χ0v) is 15.9. The third-order valence-electron chi connectivity index (χ3n) is 4.40. The number of nitrogens with zero attached hydrogens (tertiary/aromatic N) is 3. The van der Waals surface area contributed by atoms with Crippen molar-refractivity contribution >= 4 is 38.9 Å². The van der Waals surface area contributed by atoms with E-state index in [0.717, 1.165) is 31.9 Å². The molecule has 0 spiro atoms. The molecule has 0 aromatic heterocycles. The van der Waals surface area contributed by atoms with Crippen molar-refractivity contribution < 1.29 is 9.72 Å². The van der Waals surface area contributed by atoms with Crippen molar-refractivity contribution in [1.29, 1.82) is 0 Å². The van der Waals surface area contributed by atoms with Crippen LogP contribution in [0.2, 0.25) is 0 Å². The summed E-state index contributed by atoms with van der Waals surface area (Å²) in [6.07, 6.45) is 0. The van der Waals surface area contributed by atoms with E-state index in [9.17, 15) is 14.9 Å². The van der Waals surface area contributed by atoms with Crippen molar-refractivity contribution in [3.05, 3.63) is 62.6 Å². The Labute approximate surface area is 159 Å². The van der Waals surface area contributed by atoms with Gasteiger partial charge in [0, 0.05) is 37.8 Å².